The molecule has 2 aromatic carbocycles. The topological polar surface area (TPSA) is 61.4 Å². The Morgan fingerprint density at radius 2 is 1.90 bits per heavy atom. The van der Waals surface area contributed by atoms with Gasteiger partial charge in [0.15, 0.2) is 0 Å². The van der Waals surface area contributed by atoms with Crippen LogP contribution in [-0.4, -0.2) is 30.9 Å². The first-order chi connectivity index (χ1) is 13.9. The molecule has 29 heavy (non-hydrogen) atoms. The molecule has 0 aliphatic carbocycles. The fourth-order valence-corrected chi connectivity index (χ4v) is 3.88. The van der Waals surface area contributed by atoms with Crippen LogP contribution in [0.3, 0.4) is 0 Å². The number of halogens is 2. The van der Waals surface area contributed by atoms with Gasteiger partial charge in [-0.2, -0.15) is 0 Å². The second-order valence-corrected chi connectivity index (χ2v) is 8.24. The first-order valence-electron chi connectivity index (χ1n) is 9.79. The van der Waals surface area contributed by atoms with Gasteiger partial charge in [-0.05, 0) is 71.6 Å². The maximum atomic E-state index is 13.3. The standard InChI is InChI=1S/C22H25BrFN3O2/c1-15(25-22(29)13-16-7-8-20(24)19(23)12-16)11-21(28)26-17-5-4-6-18(14-17)27-9-2-3-10-27/h4-8,12,14-15H,2-3,9-11,13H2,1H3,(H,25,29)(H,26,28). The van der Waals surface area contributed by atoms with Gasteiger partial charge in [0.25, 0.3) is 0 Å². The van der Waals surface area contributed by atoms with Crippen LogP contribution in [0.2, 0.25) is 0 Å². The Morgan fingerprint density at radius 3 is 2.62 bits per heavy atom. The van der Waals surface area contributed by atoms with Gasteiger partial charge >= 0.3 is 0 Å². The van der Waals surface area contributed by atoms with E-state index in [-0.39, 0.29) is 36.5 Å². The fraction of sp³-hybridized carbons (Fsp3) is 0.364. The zero-order valence-corrected chi connectivity index (χ0v) is 18.0. The molecule has 3 rings (SSSR count). The Balaban J connectivity index is 1.48. The zero-order chi connectivity index (χ0) is 20.8. The molecule has 0 saturated carbocycles. The third-order valence-corrected chi connectivity index (χ3v) is 5.46. The Kier molecular flexibility index (Phi) is 7.25. The second-order valence-electron chi connectivity index (χ2n) is 7.39. The van der Waals surface area contributed by atoms with Crippen molar-refractivity contribution in [3.8, 4) is 0 Å². The maximum absolute atomic E-state index is 13.3. The van der Waals surface area contributed by atoms with Crippen LogP contribution >= 0.6 is 15.9 Å². The van der Waals surface area contributed by atoms with Crippen LogP contribution in [0.4, 0.5) is 15.8 Å². The van der Waals surface area contributed by atoms with Crippen molar-refractivity contribution in [2.45, 2.75) is 38.6 Å². The van der Waals surface area contributed by atoms with Crippen molar-refractivity contribution in [1.82, 2.24) is 5.32 Å². The summed E-state index contributed by atoms with van der Waals surface area (Å²) in [6, 6.07) is 12.0. The van der Waals surface area contributed by atoms with E-state index >= 15 is 0 Å². The average molecular weight is 462 g/mol. The fourth-order valence-electron chi connectivity index (χ4n) is 3.46. The van der Waals surface area contributed by atoms with Crippen LogP contribution in [0.25, 0.3) is 0 Å². The summed E-state index contributed by atoms with van der Waals surface area (Å²) in [5.74, 6) is -0.728. The summed E-state index contributed by atoms with van der Waals surface area (Å²) in [6.45, 7) is 3.88. The number of rotatable bonds is 7. The summed E-state index contributed by atoms with van der Waals surface area (Å²) < 4.78 is 13.6. The van der Waals surface area contributed by atoms with Gasteiger partial charge in [-0.1, -0.05) is 12.1 Å². The molecule has 1 heterocycles. The van der Waals surface area contributed by atoms with E-state index in [9.17, 15) is 14.0 Å². The number of anilines is 2. The van der Waals surface area contributed by atoms with Crippen molar-refractivity contribution < 1.29 is 14.0 Å². The highest BCUT2D eigenvalue weighted by molar-refractivity contribution is 9.10. The highest BCUT2D eigenvalue weighted by atomic mass is 79.9. The van der Waals surface area contributed by atoms with Gasteiger partial charge in [-0.25, -0.2) is 4.39 Å². The molecule has 154 valence electrons. The van der Waals surface area contributed by atoms with Crippen LogP contribution in [0.1, 0.15) is 31.7 Å². The van der Waals surface area contributed by atoms with Crippen LogP contribution in [0, 0.1) is 5.82 Å². The average Bonchev–Trinajstić information content (AvgIpc) is 3.19. The molecule has 2 aromatic rings. The van der Waals surface area contributed by atoms with Gasteiger partial charge in [0, 0.05) is 36.9 Å². The first-order valence-corrected chi connectivity index (χ1v) is 10.6. The van der Waals surface area contributed by atoms with Crippen molar-refractivity contribution in [3.63, 3.8) is 0 Å². The van der Waals surface area contributed by atoms with Gasteiger partial charge in [0.2, 0.25) is 11.8 Å². The SMILES string of the molecule is CC(CC(=O)Nc1cccc(N2CCCC2)c1)NC(=O)Cc1ccc(F)c(Br)c1. The van der Waals surface area contributed by atoms with E-state index in [1.807, 2.05) is 18.2 Å². The van der Waals surface area contributed by atoms with Gasteiger partial charge in [0.1, 0.15) is 5.82 Å². The van der Waals surface area contributed by atoms with Crippen molar-refractivity contribution >= 4 is 39.1 Å². The van der Waals surface area contributed by atoms with Crippen LogP contribution in [-0.2, 0) is 16.0 Å². The molecule has 7 heteroatoms. The lowest BCUT2D eigenvalue weighted by atomic mass is 10.1. The zero-order valence-electron chi connectivity index (χ0n) is 16.4. The highest BCUT2D eigenvalue weighted by Gasteiger charge is 2.15. The molecule has 1 atom stereocenters. The Bertz CT molecular complexity index is 884. The van der Waals surface area contributed by atoms with Gasteiger partial charge in [0.05, 0.1) is 10.9 Å². The molecule has 0 spiro atoms. The number of benzene rings is 2. The van der Waals surface area contributed by atoms with Crippen molar-refractivity contribution in [1.29, 1.82) is 0 Å². The predicted molar refractivity (Wildman–Crippen MR) is 117 cm³/mol. The van der Waals surface area contributed by atoms with E-state index < -0.39 is 0 Å². The van der Waals surface area contributed by atoms with Crippen LogP contribution in [0.5, 0.6) is 0 Å². The van der Waals surface area contributed by atoms with E-state index in [2.05, 4.69) is 37.5 Å². The summed E-state index contributed by atoms with van der Waals surface area (Å²) in [5.41, 5.74) is 2.58. The second kappa shape index (κ2) is 9.87. The maximum Gasteiger partial charge on any atom is 0.226 e. The summed E-state index contributed by atoms with van der Waals surface area (Å²) >= 11 is 3.11. The predicted octanol–water partition coefficient (Wildman–Crippen LogP) is 4.26. The monoisotopic (exact) mass is 461 g/mol. The number of nitrogens with zero attached hydrogens (tertiary/aromatic N) is 1. The Hall–Kier alpha value is -2.41. The Labute approximate surface area is 178 Å². The van der Waals surface area contributed by atoms with Gasteiger partial charge in [-0.15, -0.1) is 0 Å². The largest absolute Gasteiger partial charge is 0.371 e. The number of hydrogen-bond donors (Lipinski definition) is 2. The quantitative estimate of drug-likeness (QED) is 0.647. The van der Waals surface area contributed by atoms with E-state index in [0.29, 0.717) is 10.0 Å². The molecule has 2 amide bonds. The molecule has 2 N–H and O–H groups in total. The molecule has 0 radical (unpaired) electrons. The molecule has 1 saturated heterocycles. The number of nitrogens with one attached hydrogen (secondary N) is 2. The van der Waals surface area contributed by atoms with Crippen molar-refractivity contribution in [3.05, 3.63) is 58.3 Å². The molecule has 0 aromatic heterocycles. The molecule has 1 aliphatic rings. The minimum atomic E-state index is -0.368. The molecule has 1 aliphatic heterocycles. The summed E-state index contributed by atoms with van der Waals surface area (Å²) in [6.07, 6.45) is 2.70. The number of hydrogen-bond acceptors (Lipinski definition) is 3. The van der Waals surface area contributed by atoms with Gasteiger partial charge < -0.3 is 15.5 Å². The van der Waals surface area contributed by atoms with E-state index in [0.717, 1.165) is 24.5 Å². The van der Waals surface area contributed by atoms with Crippen LogP contribution < -0.4 is 15.5 Å². The van der Waals surface area contributed by atoms with E-state index in [1.54, 1.807) is 19.1 Å². The van der Waals surface area contributed by atoms with Crippen molar-refractivity contribution in [2.75, 3.05) is 23.3 Å². The number of carbonyl (C=O) groups excluding carboxylic acids is 2. The van der Waals surface area contributed by atoms with Gasteiger partial charge in [-0.3, -0.25) is 9.59 Å². The molecule has 1 unspecified atom stereocenters. The first kappa shape index (κ1) is 21.3. The number of carbonyl (C=O) groups is 2. The third kappa shape index (κ3) is 6.29. The minimum Gasteiger partial charge on any atom is -0.371 e. The lowest BCUT2D eigenvalue weighted by Gasteiger charge is -2.19. The normalized spacial score (nSPS) is 14.5. The molecule has 0 bridgehead atoms. The van der Waals surface area contributed by atoms with E-state index in [4.69, 9.17) is 0 Å². The minimum absolute atomic E-state index is 0.128. The highest BCUT2D eigenvalue weighted by Crippen LogP contribution is 2.23. The smallest absolute Gasteiger partial charge is 0.226 e. The summed E-state index contributed by atoms with van der Waals surface area (Å²) in [4.78, 5) is 26.9. The lowest BCUT2D eigenvalue weighted by Crippen LogP contribution is -2.36. The molecule has 5 nitrogen and oxygen atoms in total. The summed E-state index contributed by atoms with van der Waals surface area (Å²) in [7, 11) is 0. The van der Waals surface area contributed by atoms with Crippen LogP contribution in [0.15, 0.2) is 46.9 Å². The third-order valence-electron chi connectivity index (χ3n) is 4.85. The lowest BCUT2D eigenvalue weighted by molar-refractivity contribution is -0.121. The molecule has 1 fully saturated rings. The van der Waals surface area contributed by atoms with E-state index in [1.165, 1.54) is 18.9 Å². The number of amides is 2. The summed E-state index contributed by atoms with van der Waals surface area (Å²) in [5, 5.41) is 5.73. The molecular weight excluding hydrogens is 437 g/mol. The Morgan fingerprint density at radius 1 is 1.14 bits per heavy atom. The molecular formula is C22H25BrFN3O2. The van der Waals surface area contributed by atoms with Crippen molar-refractivity contribution in [2.24, 2.45) is 0 Å².